The number of anilines is 1. The van der Waals surface area contributed by atoms with Crippen LogP contribution in [0.5, 0.6) is 0 Å². The van der Waals surface area contributed by atoms with Crippen LogP contribution in [-0.2, 0) is 10.0 Å². The number of nitriles is 1. The van der Waals surface area contributed by atoms with Crippen molar-refractivity contribution in [2.24, 2.45) is 5.92 Å². The zero-order valence-electron chi connectivity index (χ0n) is 22.3. The van der Waals surface area contributed by atoms with Crippen LogP contribution in [0.25, 0.3) is 16.2 Å². The molecule has 3 aliphatic rings. The molecule has 0 spiro atoms. The SMILES string of the molecule is CC1CC=Cc2snc(N3CCN(CCC4CCC(NS(=O)(=O)c5cc6cc(C#N)ccc6s5)CC4)CC3)c21. The molecule has 1 saturated carbocycles. The van der Waals surface area contributed by atoms with Crippen molar-refractivity contribution in [3.63, 3.8) is 0 Å². The van der Waals surface area contributed by atoms with Gasteiger partial charge in [-0.1, -0.05) is 13.0 Å². The lowest BCUT2D eigenvalue weighted by atomic mass is 9.84. The van der Waals surface area contributed by atoms with Gasteiger partial charge in [-0.2, -0.15) is 9.64 Å². The summed E-state index contributed by atoms with van der Waals surface area (Å²) in [4.78, 5) is 6.41. The molecule has 1 atom stereocenters. The molecule has 10 heteroatoms. The zero-order valence-corrected chi connectivity index (χ0v) is 24.8. The van der Waals surface area contributed by atoms with E-state index in [1.165, 1.54) is 34.0 Å². The van der Waals surface area contributed by atoms with Crippen LogP contribution >= 0.6 is 22.9 Å². The molecule has 1 aromatic carbocycles. The number of benzene rings is 1. The van der Waals surface area contributed by atoms with Crippen LogP contribution in [0.15, 0.2) is 34.6 Å². The van der Waals surface area contributed by atoms with Crippen molar-refractivity contribution < 1.29 is 8.42 Å². The van der Waals surface area contributed by atoms with Crippen molar-refractivity contribution in [2.75, 3.05) is 37.6 Å². The summed E-state index contributed by atoms with van der Waals surface area (Å²) in [5.74, 6) is 2.43. The number of hydrogen-bond donors (Lipinski definition) is 1. The predicted octanol–water partition coefficient (Wildman–Crippen LogP) is 5.80. The van der Waals surface area contributed by atoms with Crippen LogP contribution in [0.2, 0.25) is 0 Å². The lowest BCUT2D eigenvalue weighted by Crippen LogP contribution is -2.47. The second-order valence-corrected chi connectivity index (χ2v) is 15.0. The van der Waals surface area contributed by atoms with Gasteiger partial charge in [-0.25, -0.2) is 13.1 Å². The molecule has 1 aliphatic heterocycles. The third-order valence-electron chi connectivity index (χ3n) is 8.57. The third kappa shape index (κ3) is 5.79. The van der Waals surface area contributed by atoms with E-state index in [4.69, 9.17) is 9.64 Å². The van der Waals surface area contributed by atoms with Gasteiger partial charge in [0, 0.05) is 42.5 Å². The maximum atomic E-state index is 13.1. The normalized spacial score (nSPS) is 24.1. The topological polar surface area (TPSA) is 89.3 Å². The van der Waals surface area contributed by atoms with E-state index in [1.54, 1.807) is 29.7 Å². The van der Waals surface area contributed by atoms with Crippen molar-refractivity contribution in [2.45, 2.75) is 61.6 Å². The fourth-order valence-corrected chi connectivity index (χ4v) is 9.87. The van der Waals surface area contributed by atoms with Gasteiger partial charge < -0.3 is 4.90 Å². The van der Waals surface area contributed by atoms with Crippen LogP contribution in [0.3, 0.4) is 0 Å². The van der Waals surface area contributed by atoms with Gasteiger partial charge in [-0.05, 0) is 104 Å². The van der Waals surface area contributed by atoms with Gasteiger partial charge in [0.1, 0.15) is 10.0 Å². The van der Waals surface area contributed by atoms with Crippen LogP contribution in [0.4, 0.5) is 5.82 Å². The van der Waals surface area contributed by atoms with Gasteiger partial charge in [0.15, 0.2) is 0 Å². The minimum absolute atomic E-state index is 0.00375. The number of allylic oxidation sites excluding steroid dienone is 1. The number of nitrogens with one attached hydrogen (secondary N) is 1. The van der Waals surface area contributed by atoms with Crippen LogP contribution < -0.4 is 9.62 Å². The van der Waals surface area contributed by atoms with E-state index in [-0.39, 0.29) is 6.04 Å². The van der Waals surface area contributed by atoms with E-state index in [2.05, 4.69) is 39.7 Å². The third-order valence-corrected chi connectivity index (χ3v) is 12.5. The Morgan fingerprint density at radius 1 is 1.13 bits per heavy atom. The molecule has 1 saturated heterocycles. The Morgan fingerprint density at radius 2 is 1.92 bits per heavy atom. The molecule has 2 aliphatic carbocycles. The second-order valence-electron chi connectivity index (χ2n) is 11.2. The van der Waals surface area contributed by atoms with Crippen LogP contribution in [0.1, 0.15) is 67.4 Å². The van der Waals surface area contributed by atoms with Gasteiger partial charge in [0.2, 0.25) is 10.0 Å². The monoisotopic (exact) mass is 581 g/mol. The molecule has 0 bridgehead atoms. The molecule has 3 heterocycles. The van der Waals surface area contributed by atoms with Crippen molar-refractivity contribution in [1.82, 2.24) is 14.0 Å². The highest BCUT2D eigenvalue weighted by Crippen LogP contribution is 2.39. The van der Waals surface area contributed by atoms with Gasteiger partial charge in [-0.15, -0.1) is 11.3 Å². The molecule has 39 heavy (non-hydrogen) atoms. The summed E-state index contributed by atoms with van der Waals surface area (Å²) in [5.41, 5.74) is 1.99. The summed E-state index contributed by atoms with van der Waals surface area (Å²) in [6.07, 6.45) is 10.7. The Bertz CT molecular complexity index is 1500. The second kappa shape index (κ2) is 11.3. The number of fused-ring (bicyclic) bond motifs is 2. The molecule has 2 aromatic heterocycles. The molecule has 7 nitrogen and oxygen atoms in total. The van der Waals surface area contributed by atoms with Crippen molar-refractivity contribution >= 4 is 54.9 Å². The zero-order chi connectivity index (χ0) is 27.0. The highest BCUT2D eigenvalue weighted by molar-refractivity contribution is 7.91. The number of nitrogens with zero attached hydrogens (tertiary/aromatic N) is 4. The Balaban J connectivity index is 0.954. The molecule has 1 unspecified atom stereocenters. The Kier molecular flexibility index (Phi) is 7.79. The van der Waals surface area contributed by atoms with Gasteiger partial charge in [0.25, 0.3) is 0 Å². The van der Waals surface area contributed by atoms with E-state index in [1.807, 2.05) is 6.07 Å². The molecule has 3 aromatic rings. The van der Waals surface area contributed by atoms with Crippen molar-refractivity contribution in [3.05, 3.63) is 46.3 Å². The van der Waals surface area contributed by atoms with Crippen molar-refractivity contribution in [1.29, 1.82) is 5.26 Å². The minimum atomic E-state index is -3.56. The first-order valence-electron chi connectivity index (χ1n) is 14.0. The first kappa shape index (κ1) is 26.9. The average molecular weight is 582 g/mol. The van der Waals surface area contributed by atoms with Gasteiger partial charge >= 0.3 is 0 Å². The summed E-state index contributed by atoms with van der Waals surface area (Å²) in [6, 6.07) is 9.11. The van der Waals surface area contributed by atoms with Crippen LogP contribution in [-0.4, -0.2) is 56.5 Å². The maximum absolute atomic E-state index is 13.1. The van der Waals surface area contributed by atoms with Crippen molar-refractivity contribution in [3.8, 4) is 6.07 Å². The maximum Gasteiger partial charge on any atom is 0.250 e. The molecule has 1 N–H and O–H groups in total. The first-order chi connectivity index (χ1) is 18.9. The fourth-order valence-electron chi connectivity index (χ4n) is 6.23. The van der Waals surface area contributed by atoms with E-state index >= 15 is 0 Å². The highest BCUT2D eigenvalue weighted by Gasteiger charge is 2.29. The quantitative estimate of drug-likeness (QED) is 0.379. The Hall–Kier alpha value is -2.29. The molecule has 206 valence electrons. The van der Waals surface area contributed by atoms with E-state index in [9.17, 15) is 8.42 Å². The fraction of sp³-hybridized carbons (Fsp3) is 0.517. The Labute approximate surface area is 239 Å². The number of thiophene rings is 1. The number of rotatable bonds is 7. The molecule has 2 fully saturated rings. The number of hydrogen-bond acceptors (Lipinski definition) is 8. The van der Waals surface area contributed by atoms with Gasteiger partial charge in [-0.3, -0.25) is 4.90 Å². The van der Waals surface area contributed by atoms with Crippen LogP contribution in [0, 0.1) is 17.2 Å². The molecule has 6 rings (SSSR count). The standard InChI is InChI=1S/C29H35N5O2S3/c1-20-3-2-4-26-28(20)29(31-38-26)34-15-13-33(14-16-34)12-11-21-5-8-24(9-6-21)32-39(35,36)27-18-23-17-22(19-30)7-10-25(23)37-27/h2,4,7,10,17-18,20-21,24,32H,3,5-6,8-9,11-16H2,1H3. The lowest BCUT2D eigenvalue weighted by molar-refractivity contribution is 0.214. The minimum Gasteiger partial charge on any atom is -0.353 e. The molecule has 0 radical (unpaired) electrons. The molecular weight excluding hydrogens is 547 g/mol. The number of piperazine rings is 1. The van der Waals surface area contributed by atoms with E-state index in [0.29, 0.717) is 21.6 Å². The number of aromatic nitrogens is 1. The number of sulfonamides is 1. The average Bonchev–Trinajstić information content (AvgIpc) is 3.58. The summed E-state index contributed by atoms with van der Waals surface area (Å²) < 4.78 is 35.1. The first-order valence-corrected chi connectivity index (χ1v) is 17.1. The lowest BCUT2D eigenvalue weighted by Gasteiger charge is -2.37. The van der Waals surface area contributed by atoms with E-state index < -0.39 is 10.0 Å². The summed E-state index contributed by atoms with van der Waals surface area (Å²) in [5, 5.41) is 9.92. The summed E-state index contributed by atoms with van der Waals surface area (Å²) >= 11 is 2.91. The smallest absolute Gasteiger partial charge is 0.250 e. The van der Waals surface area contributed by atoms with Gasteiger partial charge in [0.05, 0.1) is 16.5 Å². The largest absolute Gasteiger partial charge is 0.353 e. The summed E-state index contributed by atoms with van der Waals surface area (Å²) in [7, 11) is -3.56. The van der Waals surface area contributed by atoms with E-state index in [0.717, 1.165) is 74.9 Å². The predicted molar refractivity (Wildman–Crippen MR) is 160 cm³/mol. The highest BCUT2D eigenvalue weighted by atomic mass is 32.2. The Morgan fingerprint density at radius 3 is 2.69 bits per heavy atom. The summed E-state index contributed by atoms with van der Waals surface area (Å²) in [6.45, 7) is 7.67. The molecular formula is C29H35N5O2S3. The molecule has 0 amide bonds.